The minimum atomic E-state index is -0.738. The van der Waals surface area contributed by atoms with Crippen LogP contribution >= 0.6 is 11.6 Å². The smallest absolute Gasteiger partial charge is 0.124 e. The lowest BCUT2D eigenvalue weighted by atomic mass is 9.97. The van der Waals surface area contributed by atoms with Crippen molar-refractivity contribution in [3.05, 3.63) is 29.0 Å². The predicted molar refractivity (Wildman–Crippen MR) is 65.4 cm³/mol. The first-order chi connectivity index (χ1) is 7.50. The Labute approximate surface area is 100 Å². The van der Waals surface area contributed by atoms with E-state index < -0.39 is 5.60 Å². The SMILES string of the molecule is CCC(O)(CC)CNc1ccc(F)cc1Cl. The molecule has 0 saturated carbocycles. The number of anilines is 1. The van der Waals surface area contributed by atoms with Crippen LogP contribution in [0.1, 0.15) is 26.7 Å². The molecule has 0 fully saturated rings. The Morgan fingerprint density at radius 2 is 2.00 bits per heavy atom. The molecule has 0 aliphatic carbocycles. The highest BCUT2D eigenvalue weighted by Gasteiger charge is 2.21. The van der Waals surface area contributed by atoms with E-state index in [9.17, 15) is 9.50 Å². The van der Waals surface area contributed by atoms with E-state index in [1.54, 1.807) is 6.07 Å². The van der Waals surface area contributed by atoms with Gasteiger partial charge in [0, 0.05) is 6.54 Å². The topological polar surface area (TPSA) is 32.3 Å². The minimum absolute atomic E-state index is 0.328. The maximum absolute atomic E-state index is 12.8. The van der Waals surface area contributed by atoms with E-state index in [4.69, 9.17) is 11.6 Å². The number of hydrogen-bond donors (Lipinski definition) is 2. The quantitative estimate of drug-likeness (QED) is 0.833. The van der Waals surface area contributed by atoms with Gasteiger partial charge in [-0.15, -0.1) is 0 Å². The van der Waals surface area contributed by atoms with Gasteiger partial charge in [0.15, 0.2) is 0 Å². The second-order valence-corrected chi connectivity index (χ2v) is 4.32. The summed E-state index contributed by atoms with van der Waals surface area (Å²) < 4.78 is 12.8. The van der Waals surface area contributed by atoms with Crippen molar-refractivity contribution in [1.29, 1.82) is 0 Å². The molecule has 0 amide bonds. The fourth-order valence-electron chi connectivity index (χ4n) is 1.39. The zero-order valence-electron chi connectivity index (χ0n) is 9.56. The Morgan fingerprint density at radius 1 is 1.38 bits per heavy atom. The molecule has 1 aromatic rings. The monoisotopic (exact) mass is 245 g/mol. The van der Waals surface area contributed by atoms with Crippen molar-refractivity contribution < 1.29 is 9.50 Å². The van der Waals surface area contributed by atoms with Crippen molar-refractivity contribution in [2.45, 2.75) is 32.3 Å². The van der Waals surface area contributed by atoms with Gasteiger partial charge in [-0.2, -0.15) is 0 Å². The van der Waals surface area contributed by atoms with Crippen LogP contribution < -0.4 is 5.32 Å². The lowest BCUT2D eigenvalue weighted by molar-refractivity contribution is 0.0457. The molecule has 0 atom stereocenters. The molecule has 0 unspecified atom stereocenters. The first kappa shape index (κ1) is 13.3. The normalized spacial score (nSPS) is 11.6. The van der Waals surface area contributed by atoms with Crippen LogP contribution in [0.5, 0.6) is 0 Å². The summed E-state index contributed by atoms with van der Waals surface area (Å²) in [7, 11) is 0. The van der Waals surface area contributed by atoms with Crippen LogP contribution in [0.25, 0.3) is 0 Å². The third kappa shape index (κ3) is 3.35. The van der Waals surface area contributed by atoms with E-state index >= 15 is 0 Å². The highest BCUT2D eigenvalue weighted by atomic mass is 35.5. The third-order valence-electron chi connectivity index (χ3n) is 2.86. The first-order valence-corrected chi connectivity index (χ1v) is 5.80. The van der Waals surface area contributed by atoms with Gasteiger partial charge in [-0.1, -0.05) is 25.4 Å². The summed E-state index contributed by atoms with van der Waals surface area (Å²) in [4.78, 5) is 0. The number of rotatable bonds is 5. The molecule has 2 N–H and O–H groups in total. The lowest BCUT2D eigenvalue weighted by Crippen LogP contribution is -2.35. The predicted octanol–water partition coefficient (Wildman–Crippen LogP) is 3.44. The summed E-state index contributed by atoms with van der Waals surface area (Å²) in [6.07, 6.45) is 1.32. The number of benzene rings is 1. The molecule has 90 valence electrons. The van der Waals surface area contributed by atoms with E-state index in [-0.39, 0.29) is 5.82 Å². The van der Waals surface area contributed by atoms with Gasteiger partial charge in [-0.25, -0.2) is 4.39 Å². The lowest BCUT2D eigenvalue weighted by Gasteiger charge is -2.26. The molecular formula is C12H17ClFNO. The molecule has 0 aromatic heterocycles. The Morgan fingerprint density at radius 3 is 2.50 bits per heavy atom. The summed E-state index contributed by atoms with van der Waals surface area (Å²) in [6.45, 7) is 4.26. The summed E-state index contributed by atoms with van der Waals surface area (Å²) in [5.74, 6) is -0.364. The second kappa shape index (κ2) is 5.51. The zero-order valence-corrected chi connectivity index (χ0v) is 10.3. The van der Waals surface area contributed by atoms with Gasteiger partial charge in [-0.3, -0.25) is 0 Å². The Bertz CT molecular complexity index is 353. The molecule has 0 aliphatic heterocycles. The first-order valence-electron chi connectivity index (χ1n) is 5.42. The maximum atomic E-state index is 12.8. The van der Waals surface area contributed by atoms with Crippen molar-refractivity contribution in [2.75, 3.05) is 11.9 Å². The fraction of sp³-hybridized carbons (Fsp3) is 0.500. The molecule has 16 heavy (non-hydrogen) atoms. The van der Waals surface area contributed by atoms with Crippen LogP contribution in [0, 0.1) is 5.82 Å². The van der Waals surface area contributed by atoms with Crippen molar-refractivity contribution in [3.8, 4) is 0 Å². The van der Waals surface area contributed by atoms with Crippen LogP contribution in [-0.2, 0) is 0 Å². The molecule has 4 heteroatoms. The Kier molecular flexibility index (Phi) is 4.56. The highest BCUT2D eigenvalue weighted by molar-refractivity contribution is 6.33. The molecule has 0 bridgehead atoms. The summed E-state index contributed by atoms with van der Waals surface area (Å²) in [5.41, 5.74) is -0.0963. The van der Waals surface area contributed by atoms with Gasteiger partial charge in [0.05, 0.1) is 16.3 Å². The van der Waals surface area contributed by atoms with Crippen LogP contribution in [0.15, 0.2) is 18.2 Å². The zero-order chi connectivity index (χ0) is 12.2. The molecule has 1 aromatic carbocycles. The number of aliphatic hydroxyl groups is 1. The minimum Gasteiger partial charge on any atom is -0.388 e. The standard InChI is InChI=1S/C12H17ClFNO/c1-3-12(16,4-2)8-15-11-6-5-9(14)7-10(11)13/h5-7,15-16H,3-4,8H2,1-2H3. The van der Waals surface area contributed by atoms with Crippen molar-refractivity contribution >= 4 is 17.3 Å². The Hall–Kier alpha value is -0.800. The van der Waals surface area contributed by atoms with E-state index in [2.05, 4.69) is 5.32 Å². The summed E-state index contributed by atoms with van der Waals surface area (Å²) in [6, 6.07) is 4.16. The summed E-state index contributed by atoms with van der Waals surface area (Å²) in [5, 5.41) is 13.4. The van der Waals surface area contributed by atoms with Crippen molar-refractivity contribution in [1.82, 2.24) is 0 Å². The van der Waals surface area contributed by atoms with E-state index in [1.165, 1.54) is 12.1 Å². The largest absolute Gasteiger partial charge is 0.388 e. The van der Waals surface area contributed by atoms with E-state index in [0.717, 1.165) is 0 Å². The average Bonchev–Trinajstić information content (AvgIpc) is 2.27. The van der Waals surface area contributed by atoms with Crippen molar-refractivity contribution in [2.24, 2.45) is 0 Å². The highest BCUT2D eigenvalue weighted by Crippen LogP contribution is 2.24. The van der Waals surface area contributed by atoms with Crippen LogP contribution in [-0.4, -0.2) is 17.3 Å². The van der Waals surface area contributed by atoms with Gasteiger partial charge in [0.25, 0.3) is 0 Å². The fourth-order valence-corrected chi connectivity index (χ4v) is 1.63. The molecule has 0 radical (unpaired) electrons. The summed E-state index contributed by atoms with van der Waals surface area (Å²) >= 11 is 5.86. The molecule has 2 nitrogen and oxygen atoms in total. The molecular weight excluding hydrogens is 229 g/mol. The molecule has 1 rings (SSSR count). The van der Waals surface area contributed by atoms with E-state index in [0.29, 0.717) is 30.1 Å². The number of hydrogen-bond acceptors (Lipinski definition) is 2. The molecule has 0 spiro atoms. The molecule has 0 saturated heterocycles. The van der Waals surface area contributed by atoms with Gasteiger partial charge in [-0.05, 0) is 31.0 Å². The molecule has 0 aliphatic rings. The maximum Gasteiger partial charge on any atom is 0.124 e. The molecule has 0 heterocycles. The van der Waals surface area contributed by atoms with Gasteiger partial charge in [0.2, 0.25) is 0 Å². The van der Waals surface area contributed by atoms with Gasteiger partial charge in [0.1, 0.15) is 5.82 Å². The van der Waals surface area contributed by atoms with Gasteiger partial charge < -0.3 is 10.4 Å². The number of nitrogens with one attached hydrogen (secondary N) is 1. The second-order valence-electron chi connectivity index (χ2n) is 3.91. The van der Waals surface area contributed by atoms with E-state index in [1.807, 2.05) is 13.8 Å². The number of halogens is 2. The van der Waals surface area contributed by atoms with Crippen LogP contribution in [0.3, 0.4) is 0 Å². The van der Waals surface area contributed by atoms with Gasteiger partial charge >= 0.3 is 0 Å². The van der Waals surface area contributed by atoms with Crippen LogP contribution in [0.4, 0.5) is 10.1 Å². The van der Waals surface area contributed by atoms with Crippen LogP contribution in [0.2, 0.25) is 5.02 Å². The average molecular weight is 246 g/mol. The Balaban J connectivity index is 2.67. The third-order valence-corrected chi connectivity index (χ3v) is 3.17. The van der Waals surface area contributed by atoms with Crippen molar-refractivity contribution in [3.63, 3.8) is 0 Å².